The average Bonchev–Trinajstić information content (AvgIpc) is 2.38. The number of aromatic nitrogens is 2. The number of rotatable bonds is 3. The van der Waals surface area contributed by atoms with Crippen LogP contribution in [-0.4, -0.2) is 21.0 Å². The molecule has 0 aliphatic carbocycles. The van der Waals surface area contributed by atoms with Gasteiger partial charge in [0, 0.05) is 11.8 Å². The monoisotopic (exact) mass is 268 g/mol. The Morgan fingerprint density at radius 1 is 1.26 bits per heavy atom. The zero-order chi connectivity index (χ0) is 14.0. The van der Waals surface area contributed by atoms with Crippen molar-refractivity contribution in [2.24, 2.45) is 0 Å². The fourth-order valence-corrected chi connectivity index (χ4v) is 1.56. The molecule has 4 nitrogen and oxygen atoms in total. The number of aromatic carboxylic acids is 1. The highest BCUT2D eigenvalue weighted by Gasteiger charge is 2.20. The number of carboxylic acids is 1. The first-order valence-electron chi connectivity index (χ1n) is 5.14. The van der Waals surface area contributed by atoms with Crippen molar-refractivity contribution in [1.82, 2.24) is 9.97 Å². The molecule has 2 rings (SSSR count). The number of carboxylic acid groups (broad SMARTS) is 1. The highest BCUT2D eigenvalue weighted by molar-refractivity contribution is 5.85. The third kappa shape index (κ3) is 2.54. The van der Waals surface area contributed by atoms with Gasteiger partial charge in [-0.15, -0.1) is 0 Å². The lowest BCUT2D eigenvalue weighted by molar-refractivity contribution is 0.0690. The fraction of sp³-hybridized carbons (Fsp3) is 0.0833. The van der Waals surface area contributed by atoms with E-state index in [-0.39, 0.29) is 5.82 Å². The quantitative estimate of drug-likeness (QED) is 0.929. The Bertz CT molecular complexity index is 632. The van der Waals surface area contributed by atoms with Crippen molar-refractivity contribution in [3.8, 4) is 11.4 Å². The molecule has 1 aromatic heterocycles. The molecule has 98 valence electrons. The lowest BCUT2D eigenvalue weighted by atomic mass is 10.1. The van der Waals surface area contributed by atoms with Crippen LogP contribution in [0.3, 0.4) is 0 Å². The van der Waals surface area contributed by atoms with Crippen LogP contribution >= 0.6 is 0 Å². The molecular formula is C12H7F3N2O2. The summed E-state index contributed by atoms with van der Waals surface area (Å²) in [5, 5.41) is 8.77. The van der Waals surface area contributed by atoms with Crippen molar-refractivity contribution in [1.29, 1.82) is 0 Å². The van der Waals surface area contributed by atoms with E-state index in [0.29, 0.717) is 0 Å². The summed E-state index contributed by atoms with van der Waals surface area (Å²) in [5.74, 6) is -2.66. The maximum absolute atomic E-state index is 13.7. The smallest absolute Gasteiger partial charge is 0.354 e. The van der Waals surface area contributed by atoms with E-state index in [1.807, 2.05) is 0 Å². The van der Waals surface area contributed by atoms with Gasteiger partial charge in [-0.05, 0) is 12.1 Å². The van der Waals surface area contributed by atoms with Crippen molar-refractivity contribution < 1.29 is 23.1 Å². The van der Waals surface area contributed by atoms with Crippen molar-refractivity contribution in [2.75, 3.05) is 0 Å². The SMILES string of the molecule is O=C(O)c1ccnc(-c2c(F)cccc2C(F)F)n1. The van der Waals surface area contributed by atoms with Crippen molar-refractivity contribution in [3.05, 3.63) is 47.5 Å². The second-order valence-electron chi connectivity index (χ2n) is 3.58. The van der Waals surface area contributed by atoms with Gasteiger partial charge >= 0.3 is 5.97 Å². The molecule has 7 heteroatoms. The molecule has 0 spiro atoms. The Labute approximate surface area is 105 Å². The summed E-state index contributed by atoms with van der Waals surface area (Å²) in [7, 11) is 0. The van der Waals surface area contributed by atoms with E-state index in [9.17, 15) is 18.0 Å². The summed E-state index contributed by atoms with van der Waals surface area (Å²) in [4.78, 5) is 18.0. The summed E-state index contributed by atoms with van der Waals surface area (Å²) in [5.41, 5.74) is -1.46. The third-order valence-electron chi connectivity index (χ3n) is 2.38. The predicted molar refractivity (Wildman–Crippen MR) is 59.3 cm³/mol. The van der Waals surface area contributed by atoms with Crippen molar-refractivity contribution >= 4 is 5.97 Å². The molecule has 0 aliphatic heterocycles. The molecule has 0 aliphatic rings. The van der Waals surface area contributed by atoms with Gasteiger partial charge in [-0.1, -0.05) is 12.1 Å². The molecule has 0 radical (unpaired) electrons. The molecule has 1 aromatic carbocycles. The minimum absolute atomic E-state index is 0.381. The van der Waals surface area contributed by atoms with E-state index in [1.165, 1.54) is 0 Å². The minimum atomic E-state index is -2.91. The third-order valence-corrected chi connectivity index (χ3v) is 2.38. The standard InChI is InChI=1S/C12H7F3N2O2/c13-7-3-1-2-6(10(14)15)9(7)11-16-5-4-8(17-11)12(18)19/h1-5,10H,(H,18,19). The van der Waals surface area contributed by atoms with Crippen LogP contribution in [0, 0.1) is 5.82 Å². The molecule has 0 saturated carbocycles. The molecule has 0 saturated heterocycles. The molecular weight excluding hydrogens is 261 g/mol. The Morgan fingerprint density at radius 2 is 2.00 bits per heavy atom. The van der Waals surface area contributed by atoms with Crippen LogP contribution in [0.1, 0.15) is 22.5 Å². The van der Waals surface area contributed by atoms with Crippen molar-refractivity contribution in [3.63, 3.8) is 0 Å². The number of hydrogen-bond donors (Lipinski definition) is 1. The van der Waals surface area contributed by atoms with Crippen molar-refractivity contribution in [2.45, 2.75) is 6.43 Å². The lowest BCUT2D eigenvalue weighted by Gasteiger charge is -2.08. The summed E-state index contributed by atoms with van der Waals surface area (Å²) in [6.45, 7) is 0. The second-order valence-corrected chi connectivity index (χ2v) is 3.58. The zero-order valence-electron chi connectivity index (χ0n) is 9.35. The highest BCUT2D eigenvalue weighted by Crippen LogP contribution is 2.31. The number of carbonyl (C=O) groups is 1. The van der Waals surface area contributed by atoms with Gasteiger partial charge in [0.2, 0.25) is 0 Å². The number of alkyl halides is 2. The van der Waals surface area contributed by atoms with Gasteiger partial charge in [0.05, 0.1) is 5.56 Å². The van der Waals surface area contributed by atoms with Gasteiger partial charge in [-0.25, -0.2) is 27.9 Å². The van der Waals surface area contributed by atoms with E-state index in [0.717, 1.165) is 30.5 Å². The van der Waals surface area contributed by atoms with Gasteiger partial charge in [0.25, 0.3) is 6.43 Å². The van der Waals surface area contributed by atoms with E-state index in [4.69, 9.17) is 5.11 Å². The summed E-state index contributed by atoms with van der Waals surface area (Å²) in [6.07, 6.45) is -1.84. The topological polar surface area (TPSA) is 63.1 Å². The summed E-state index contributed by atoms with van der Waals surface area (Å²) in [6, 6.07) is 4.26. The lowest BCUT2D eigenvalue weighted by Crippen LogP contribution is -2.04. The molecule has 2 aromatic rings. The second kappa shape index (κ2) is 5.05. The van der Waals surface area contributed by atoms with Gasteiger partial charge in [-0.2, -0.15) is 0 Å². The first kappa shape index (κ1) is 13.0. The van der Waals surface area contributed by atoms with E-state index >= 15 is 0 Å². The maximum atomic E-state index is 13.7. The van der Waals surface area contributed by atoms with Gasteiger partial charge in [-0.3, -0.25) is 0 Å². The Balaban J connectivity index is 2.64. The van der Waals surface area contributed by atoms with Gasteiger partial charge in [0.15, 0.2) is 11.5 Å². The summed E-state index contributed by atoms with van der Waals surface area (Å²) >= 11 is 0. The number of nitrogens with zero attached hydrogens (tertiary/aromatic N) is 2. The van der Waals surface area contributed by atoms with Crippen LogP contribution in [0.2, 0.25) is 0 Å². The molecule has 19 heavy (non-hydrogen) atoms. The first-order chi connectivity index (χ1) is 9.00. The average molecular weight is 268 g/mol. The molecule has 0 amide bonds. The van der Waals surface area contributed by atoms with Crippen LogP contribution in [0.15, 0.2) is 30.5 Å². The first-order valence-corrected chi connectivity index (χ1v) is 5.14. The zero-order valence-corrected chi connectivity index (χ0v) is 9.35. The molecule has 1 N–H and O–H groups in total. The molecule has 0 fully saturated rings. The molecule has 0 bridgehead atoms. The Morgan fingerprint density at radius 3 is 2.63 bits per heavy atom. The molecule has 1 heterocycles. The Kier molecular flexibility index (Phi) is 3.46. The molecule has 0 atom stereocenters. The van der Waals surface area contributed by atoms with Crippen LogP contribution < -0.4 is 0 Å². The molecule has 0 unspecified atom stereocenters. The maximum Gasteiger partial charge on any atom is 0.354 e. The normalized spacial score (nSPS) is 10.7. The summed E-state index contributed by atoms with van der Waals surface area (Å²) < 4.78 is 39.3. The van der Waals surface area contributed by atoms with E-state index < -0.39 is 35.0 Å². The van der Waals surface area contributed by atoms with Gasteiger partial charge < -0.3 is 5.11 Å². The van der Waals surface area contributed by atoms with Crippen LogP contribution in [-0.2, 0) is 0 Å². The number of halogens is 3. The van der Waals surface area contributed by atoms with Crippen LogP contribution in [0.4, 0.5) is 13.2 Å². The predicted octanol–water partition coefficient (Wildman–Crippen LogP) is 2.92. The van der Waals surface area contributed by atoms with Crippen LogP contribution in [0.25, 0.3) is 11.4 Å². The minimum Gasteiger partial charge on any atom is -0.477 e. The number of hydrogen-bond acceptors (Lipinski definition) is 3. The fourth-order valence-electron chi connectivity index (χ4n) is 1.56. The van der Waals surface area contributed by atoms with E-state index in [2.05, 4.69) is 9.97 Å². The van der Waals surface area contributed by atoms with E-state index in [1.54, 1.807) is 0 Å². The van der Waals surface area contributed by atoms with Crippen LogP contribution in [0.5, 0.6) is 0 Å². The highest BCUT2D eigenvalue weighted by atomic mass is 19.3. The largest absolute Gasteiger partial charge is 0.477 e. The number of benzene rings is 1. The van der Waals surface area contributed by atoms with Gasteiger partial charge in [0.1, 0.15) is 5.82 Å². The Hall–Kier alpha value is -2.44.